The van der Waals surface area contributed by atoms with E-state index in [0.717, 1.165) is 0 Å². The van der Waals surface area contributed by atoms with Crippen LogP contribution in [0.25, 0.3) is 5.70 Å². The Morgan fingerprint density at radius 2 is 2.12 bits per heavy atom. The molecule has 0 fully saturated rings. The van der Waals surface area contributed by atoms with Crippen LogP contribution in [-0.4, -0.2) is 11.1 Å². The highest BCUT2D eigenvalue weighted by atomic mass is 16.4. The molecule has 4 nitrogen and oxygen atoms in total. The molecule has 0 radical (unpaired) electrons. The summed E-state index contributed by atoms with van der Waals surface area (Å²) in [5, 5.41) is 17.8. The van der Waals surface area contributed by atoms with Crippen LogP contribution in [0, 0.1) is 11.3 Å². The van der Waals surface area contributed by atoms with Gasteiger partial charge in [0, 0.05) is 5.56 Å². The van der Waals surface area contributed by atoms with E-state index in [1.165, 1.54) is 0 Å². The van der Waals surface area contributed by atoms with Crippen molar-refractivity contribution in [3.05, 3.63) is 41.0 Å². The van der Waals surface area contributed by atoms with E-state index >= 15 is 0 Å². The van der Waals surface area contributed by atoms with Crippen molar-refractivity contribution >= 4 is 11.7 Å². The Kier molecular flexibility index (Phi) is 3.67. The average Bonchev–Trinajstić information content (AvgIpc) is 2.29. The van der Waals surface area contributed by atoms with Crippen molar-refractivity contribution in [2.24, 2.45) is 5.73 Å². The summed E-state index contributed by atoms with van der Waals surface area (Å²) in [7, 11) is 0. The van der Waals surface area contributed by atoms with Crippen LogP contribution in [0.2, 0.25) is 0 Å². The largest absolute Gasteiger partial charge is 0.478 e. The van der Waals surface area contributed by atoms with Gasteiger partial charge in [0.05, 0.1) is 22.9 Å². The summed E-state index contributed by atoms with van der Waals surface area (Å²) < 4.78 is 0. The molecule has 0 atom stereocenters. The number of hydrogen-bond donors (Lipinski definition) is 2. The first-order chi connectivity index (χ1) is 7.61. The highest BCUT2D eigenvalue weighted by molar-refractivity contribution is 5.96. The van der Waals surface area contributed by atoms with Gasteiger partial charge in [0.1, 0.15) is 0 Å². The highest BCUT2D eigenvalue weighted by Crippen LogP contribution is 2.19. The maximum atomic E-state index is 10.9. The van der Waals surface area contributed by atoms with E-state index in [4.69, 9.17) is 16.1 Å². The quantitative estimate of drug-likeness (QED) is 0.753. The van der Waals surface area contributed by atoms with Crippen LogP contribution in [0.4, 0.5) is 0 Å². The Morgan fingerprint density at radius 1 is 1.50 bits per heavy atom. The van der Waals surface area contributed by atoms with E-state index in [9.17, 15) is 4.79 Å². The van der Waals surface area contributed by atoms with Crippen LogP contribution in [0.5, 0.6) is 0 Å². The zero-order valence-electron chi connectivity index (χ0n) is 8.90. The van der Waals surface area contributed by atoms with Crippen molar-refractivity contribution in [3.8, 4) is 6.07 Å². The summed E-state index contributed by atoms with van der Waals surface area (Å²) in [6.45, 7) is 1.71. The number of nitrogens with zero attached hydrogens (tertiary/aromatic N) is 1. The third kappa shape index (κ3) is 2.20. The van der Waals surface area contributed by atoms with E-state index in [1.807, 2.05) is 6.07 Å². The fraction of sp³-hybridized carbons (Fsp3) is 0.167. The minimum Gasteiger partial charge on any atom is -0.478 e. The second-order valence-corrected chi connectivity index (χ2v) is 3.21. The predicted molar refractivity (Wildman–Crippen MR) is 60.2 cm³/mol. The molecule has 4 heteroatoms. The molecule has 16 heavy (non-hydrogen) atoms. The average molecular weight is 216 g/mol. The molecule has 0 aliphatic heterocycles. The van der Waals surface area contributed by atoms with Gasteiger partial charge < -0.3 is 10.8 Å². The summed E-state index contributed by atoms with van der Waals surface area (Å²) in [5.74, 6) is -1.05. The van der Waals surface area contributed by atoms with Crippen LogP contribution < -0.4 is 5.73 Å². The molecular weight excluding hydrogens is 204 g/mol. The number of aliphatic carboxylic acids is 1. The Morgan fingerprint density at radius 3 is 2.62 bits per heavy atom. The first-order valence-corrected chi connectivity index (χ1v) is 4.83. The predicted octanol–water partition coefficient (Wildman–Crippen LogP) is 1.72. The Hall–Kier alpha value is -2.28. The smallest absolute Gasteiger partial charge is 0.333 e. The second kappa shape index (κ2) is 4.99. The number of nitrogens with two attached hydrogens (primary N) is 1. The van der Waals surface area contributed by atoms with Gasteiger partial charge >= 0.3 is 5.97 Å². The molecular formula is C12H12N2O2. The topological polar surface area (TPSA) is 87.1 Å². The highest BCUT2D eigenvalue weighted by Gasteiger charge is 2.13. The van der Waals surface area contributed by atoms with E-state index in [-0.39, 0.29) is 11.3 Å². The fourth-order valence-electron chi connectivity index (χ4n) is 1.43. The molecule has 0 saturated carbocycles. The van der Waals surface area contributed by atoms with Crippen LogP contribution in [0.3, 0.4) is 0 Å². The molecule has 0 saturated heterocycles. The van der Waals surface area contributed by atoms with Crippen molar-refractivity contribution in [3.63, 3.8) is 0 Å². The van der Waals surface area contributed by atoms with Gasteiger partial charge in [-0.15, -0.1) is 0 Å². The van der Waals surface area contributed by atoms with Crippen LogP contribution in [-0.2, 0) is 4.79 Å². The van der Waals surface area contributed by atoms with E-state index < -0.39 is 5.97 Å². The van der Waals surface area contributed by atoms with Crippen LogP contribution in [0.15, 0.2) is 29.8 Å². The second-order valence-electron chi connectivity index (χ2n) is 3.21. The third-order valence-electron chi connectivity index (χ3n) is 2.27. The molecule has 0 amide bonds. The lowest BCUT2D eigenvalue weighted by molar-refractivity contribution is -0.132. The number of benzene rings is 1. The Balaban J connectivity index is 3.39. The monoisotopic (exact) mass is 216 g/mol. The molecule has 0 aliphatic rings. The SMILES string of the molecule is CC/C(C(=O)O)=C(/N)c1ccccc1C#N. The number of nitriles is 1. The number of rotatable bonds is 3. The zero-order valence-corrected chi connectivity index (χ0v) is 8.90. The van der Waals surface area contributed by atoms with Crippen LogP contribution in [0.1, 0.15) is 24.5 Å². The van der Waals surface area contributed by atoms with Crippen molar-refractivity contribution in [2.75, 3.05) is 0 Å². The first kappa shape index (κ1) is 11.8. The van der Waals surface area contributed by atoms with Crippen molar-refractivity contribution in [1.82, 2.24) is 0 Å². The van der Waals surface area contributed by atoms with Gasteiger partial charge in [-0.1, -0.05) is 25.1 Å². The van der Waals surface area contributed by atoms with Crippen molar-refractivity contribution < 1.29 is 9.90 Å². The standard InChI is InChI=1S/C12H12N2O2/c1-2-9(12(15)16)11(14)10-6-4-3-5-8(10)7-13/h3-6H,2,14H2,1H3,(H,15,16)/b11-9-. The molecule has 3 N–H and O–H groups in total. The molecule has 82 valence electrons. The molecule has 0 heterocycles. The van der Waals surface area contributed by atoms with Gasteiger partial charge in [0.15, 0.2) is 0 Å². The third-order valence-corrected chi connectivity index (χ3v) is 2.27. The number of carboxylic acids is 1. The normalized spacial score (nSPS) is 11.5. The number of hydrogen-bond acceptors (Lipinski definition) is 3. The molecule has 0 bridgehead atoms. The van der Waals surface area contributed by atoms with Crippen molar-refractivity contribution in [2.45, 2.75) is 13.3 Å². The van der Waals surface area contributed by atoms with Gasteiger partial charge in [-0.2, -0.15) is 5.26 Å². The summed E-state index contributed by atoms with van der Waals surface area (Å²) in [4.78, 5) is 10.9. The van der Waals surface area contributed by atoms with Crippen molar-refractivity contribution in [1.29, 1.82) is 5.26 Å². The maximum absolute atomic E-state index is 10.9. The minimum absolute atomic E-state index is 0.127. The molecule has 0 aliphatic carbocycles. The molecule has 1 aromatic rings. The fourth-order valence-corrected chi connectivity index (χ4v) is 1.43. The van der Waals surface area contributed by atoms with Gasteiger partial charge in [0.2, 0.25) is 0 Å². The lowest BCUT2D eigenvalue weighted by atomic mass is 10.0. The minimum atomic E-state index is -1.05. The lowest BCUT2D eigenvalue weighted by Gasteiger charge is -2.07. The zero-order chi connectivity index (χ0) is 12.1. The maximum Gasteiger partial charge on any atom is 0.333 e. The first-order valence-electron chi connectivity index (χ1n) is 4.83. The molecule has 1 aromatic carbocycles. The van der Waals surface area contributed by atoms with Gasteiger partial charge in [-0.05, 0) is 12.5 Å². The van der Waals surface area contributed by atoms with Gasteiger partial charge in [-0.25, -0.2) is 4.79 Å². The molecule has 0 aromatic heterocycles. The summed E-state index contributed by atoms with van der Waals surface area (Å²) in [6, 6.07) is 8.67. The molecule has 0 unspecified atom stereocenters. The van der Waals surface area contributed by atoms with E-state index in [2.05, 4.69) is 0 Å². The molecule has 0 spiro atoms. The Labute approximate surface area is 93.6 Å². The van der Waals surface area contributed by atoms with Crippen LogP contribution >= 0.6 is 0 Å². The summed E-state index contributed by atoms with van der Waals surface area (Å²) >= 11 is 0. The van der Waals surface area contributed by atoms with Gasteiger partial charge in [0.25, 0.3) is 0 Å². The lowest BCUT2D eigenvalue weighted by Crippen LogP contribution is -2.10. The number of carboxylic acid groups (broad SMARTS) is 1. The van der Waals surface area contributed by atoms with E-state index in [1.54, 1.807) is 31.2 Å². The van der Waals surface area contributed by atoms with Gasteiger partial charge in [-0.3, -0.25) is 0 Å². The Bertz CT molecular complexity index is 484. The summed E-state index contributed by atoms with van der Waals surface area (Å²) in [6.07, 6.45) is 0.320. The number of carbonyl (C=O) groups is 1. The summed E-state index contributed by atoms with van der Waals surface area (Å²) in [5.41, 5.74) is 6.92. The molecule has 1 rings (SSSR count). The van der Waals surface area contributed by atoms with E-state index in [0.29, 0.717) is 17.5 Å².